The molecular formula is C47H52N8O6. The Hall–Kier alpha value is -6.70. The normalized spacial score (nSPS) is 17.6. The first kappa shape index (κ1) is 41.1. The predicted molar refractivity (Wildman–Crippen MR) is 233 cm³/mol. The molecule has 2 fully saturated rings. The lowest BCUT2D eigenvalue weighted by Crippen LogP contribution is -2.51. The van der Waals surface area contributed by atoms with Gasteiger partial charge in [-0.05, 0) is 94.8 Å². The van der Waals surface area contributed by atoms with Gasteiger partial charge < -0.3 is 40.2 Å². The van der Waals surface area contributed by atoms with Gasteiger partial charge in [0.2, 0.25) is 11.8 Å². The smallest absolute Gasteiger partial charge is 0.407 e. The Morgan fingerprint density at radius 2 is 1.21 bits per heavy atom. The largest absolute Gasteiger partial charge is 0.465 e. The molecule has 61 heavy (non-hydrogen) atoms. The number of carbonyl (C=O) groups excluding carboxylic acids is 3. The van der Waals surface area contributed by atoms with Gasteiger partial charge in [-0.15, -0.1) is 0 Å². The fourth-order valence-corrected chi connectivity index (χ4v) is 8.79. The minimum atomic E-state index is -1.21. The van der Waals surface area contributed by atoms with Gasteiger partial charge in [0.25, 0.3) is 0 Å². The summed E-state index contributed by atoms with van der Waals surface area (Å²) >= 11 is 0. The highest BCUT2D eigenvalue weighted by atomic mass is 16.5. The maximum absolute atomic E-state index is 13.7. The van der Waals surface area contributed by atoms with Crippen molar-refractivity contribution in [3.63, 3.8) is 0 Å². The van der Waals surface area contributed by atoms with Crippen molar-refractivity contribution < 1.29 is 29.0 Å². The van der Waals surface area contributed by atoms with Crippen LogP contribution in [0.2, 0.25) is 0 Å². The zero-order valence-electron chi connectivity index (χ0n) is 35.1. The minimum Gasteiger partial charge on any atom is -0.465 e. The van der Waals surface area contributed by atoms with Crippen molar-refractivity contribution in [1.29, 1.82) is 0 Å². The fourth-order valence-electron chi connectivity index (χ4n) is 8.79. The summed E-state index contributed by atoms with van der Waals surface area (Å²) in [6, 6.07) is 25.4. The van der Waals surface area contributed by atoms with Gasteiger partial charge in [0.15, 0.2) is 0 Å². The highest BCUT2D eigenvalue weighted by molar-refractivity contribution is 5.92. The number of alkyl carbamates (subject to hydrolysis) is 1. The number of nitrogens with one attached hydrogen (secondary N) is 4. The molecule has 0 radical (unpaired) electrons. The molecule has 2 aromatic heterocycles. The molecule has 4 atom stereocenters. The van der Waals surface area contributed by atoms with E-state index in [2.05, 4.69) is 93.4 Å². The van der Waals surface area contributed by atoms with Gasteiger partial charge in [-0.25, -0.2) is 19.6 Å². The van der Waals surface area contributed by atoms with E-state index in [0.717, 1.165) is 86.8 Å². The zero-order chi connectivity index (χ0) is 42.9. The number of hydrogen-bond acceptors (Lipinski definition) is 7. The van der Waals surface area contributed by atoms with Crippen LogP contribution in [0.4, 0.5) is 9.59 Å². The van der Waals surface area contributed by atoms with E-state index in [4.69, 9.17) is 14.7 Å². The van der Waals surface area contributed by atoms with Gasteiger partial charge in [0.1, 0.15) is 23.7 Å². The number of imidazole rings is 2. The van der Waals surface area contributed by atoms with Crippen molar-refractivity contribution in [3.05, 3.63) is 96.7 Å². The molecule has 0 spiro atoms. The SMILES string of the molecule is COC(=O)N[C@H](C(=O)N1CCCC1c1nc2cc(-c3ccc4cc(-c5ccc(-c6c[nH]c([C@@H]7CCCN7C(=O)[C@@H](NC(=O)O)C(C)C)n6)cc5)ccc4c3)ccc2[nH]1)C(C)C. The Kier molecular flexibility index (Phi) is 11.5. The van der Waals surface area contributed by atoms with Gasteiger partial charge in [-0.1, -0.05) is 82.3 Å². The molecular weight excluding hydrogens is 773 g/mol. The molecule has 4 aromatic carbocycles. The number of rotatable bonds is 11. The van der Waals surface area contributed by atoms with E-state index in [1.54, 1.807) is 4.90 Å². The van der Waals surface area contributed by atoms with Crippen LogP contribution in [0.5, 0.6) is 0 Å². The Morgan fingerprint density at radius 1 is 0.689 bits per heavy atom. The van der Waals surface area contributed by atoms with Crippen LogP contribution in [0.25, 0.3) is 55.3 Å². The van der Waals surface area contributed by atoms with Crippen LogP contribution in [0.15, 0.2) is 85.1 Å². The molecule has 2 aliphatic rings. The van der Waals surface area contributed by atoms with Crippen molar-refractivity contribution in [2.75, 3.05) is 20.2 Å². The van der Waals surface area contributed by atoms with Gasteiger partial charge >= 0.3 is 12.2 Å². The van der Waals surface area contributed by atoms with Crippen LogP contribution in [0.1, 0.15) is 77.1 Å². The van der Waals surface area contributed by atoms with Crippen molar-refractivity contribution in [3.8, 4) is 33.5 Å². The second-order valence-electron chi connectivity index (χ2n) is 16.8. The third-order valence-corrected chi connectivity index (χ3v) is 12.1. The Labute approximate surface area is 354 Å². The summed E-state index contributed by atoms with van der Waals surface area (Å²) < 4.78 is 4.78. The molecule has 5 N–H and O–H groups in total. The van der Waals surface area contributed by atoms with E-state index in [1.165, 1.54) is 7.11 Å². The Balaban J connectivity index is 0.955. The first-order valence-electron chi connectivity index (χ1n) is 21.0. The maximum Gasteiger partial charge on any atom is 0.407 e. The molecule has 4 amide bonds. The van der Waals surface area contributed by atoms with Crippen LogP contribution in [-0.2, 0) is 14.3 Å². The topological polar surface area (TPSA) is 186 Å². The van der Waals surface area contributed by atoms with Crippen LogP contribution in [-0.4, -0.2) is 91.1 Å². The molecule has 14 heteroatoms. The van der Waals surface area contributed by atoms with Crippen LogP contribution < -0.4 is 10.6 Å². The number of H-pyrrole nitrogens is 2. The standard InChI is InChI=1S/C47H52N8O6/c1-26(2)40(52-46(58)59)44(56)54-20-6-8-38(54)42-48-25-37(51-42)29-12-10-28(11-13-29)30-14-15-32-23-33(17-16-31(32)22-30)34-18-19-35-36(24-34)50-43(49-35)39-9-7-21-55(39)45(57)41(27(3)4)53-47(60)61-5/h10-19,22-27,38-41,52H,6-9,20-21H2,1-5H3,(H,48,51)(H,49,50)(H,53,60)(H,58,59)/t38-,39?,40-,41-/m0/s1. The third-order valence-electron chi connectivity index (χ3n) is 12.1. The van der Waals surface area contributed by atoms with E-state index < -0.39 is 24.3 Å². The van der Waals surface area contributed by atoms with E-state index >= 15 is 0 Å². The van der Waals surface area contributed by atoms with E-state index in [9.17, 15) is 24.3 Å². The number of likely N-dealkylation sites (tertiary alicyclic amines) is 2. The number of aromatic nitrogens is 4. The van der Waals surface area contributed by atoms with E-state index in [0.29, 0.717) is 18.9 Å². The average molecular weight is 825 g/mol. The maximum atomic E-state index is 13.7. The number of ether oxygens (including phenoxy) is 1. The quantitative estimate of drug-likeness (QED) is 0.0862. The van der Waals surface area contributed by atoms with Crippen molar-refractivity contribution >= 4 is 45.8 Å². The molecule has 1 unspecified atom stereocenters. The van der Waals surface area contributed by atoms with Crippen molar-refractivity contribution in [1.82, 2.24) is 40.4 Å². The predicted octanol–water partition coefficient (Wildman–Crippen LogP) is 8.44. The first-order chi connectivity index (χ1) is 29.4. The van der Waals surface area contributed by atoms with Crippen LogP contribution in [0, 0.1) is 11.8 Å². The van der Waals surface area contributed by atoms with Crippen molar-refractivity contribution in [2.45, 2.75) is 77.5 Å². The van der Waals surface area contributed by atoms with E-state index in [1.807, 2.05) is 44.9 Å². The number of aromatic amines is 2. The van der Waals surface area contributed by atoms with Gasteiger partial charge in [-0.3, -0.25) is 9.59 Å². The summed E-state index contributed by atoms with van der Waals surface area (Å²) in [5, 5.41) is 16.6. The fraction of sp³-hybridized carbons (Fsp3) is 0.362. The zero-order valence-corrected chi connectivity index (χ0v) is 35.1. The highest BCUT2D eigenvalue weighted by Crippen LogP contribution is 2.36. The number of benzene rings is 4. The molecule has 14 nitrogen and oxygen atoms in total. The number of carbonyl (C=O) groups is 4. The monoisotopic (exact) mass is 824 g/mol. The molecule has 8 rings (SSSR count). The molecule has 316 valence electrons. The summed E-state index contributed by atoms with van der Waals surface area (Å²) in [5.74, 6) is 0.780. The van der Waals surface area contributed by atoms with Crippen molar-refractivity contribution in [2.24, 2.45) is 11.8 Å². The number of fused-ring (bicyclic) bond motifs is 2. The minimum absolute atomic E-state index is 0.109. The summed E-state index contributed by atoms with van der Waals surface area (Å²) in [6.45, 7) is 8.63. The molecule has 0 bridgehead atoms. The van der Waals surface area contributed by atoms with E-state index in [-0.39, 0.29) is 35.7 Å². The molecule has 6 aromatic rings. The van der Waals surface area contributed by atoms with Gasteiger partial charge in [-0.2, -0.15) is 0 Å². The Bertz CT molecular complexity index is 2600. The second kappa shape index (κ2) is 17.1. The van der Waals surface area contributed by atoms with Crippen LogP contribution in [0.3, 0.4) is 0 Å². The molecule has 2 aliphatic heterocycles. The molecule has 2 saturated heterocycles. The number of hydrogen-bond donors (Lipinski definition) is 5. The molecule has 0 saturated carbocycles. The average Bonchev–Trinajstić information content (AvgIpc) is 4.10. The summed E-state index contributed by atoms with van der Waals surface area (Å²) in [6.07, 6.45) is 3.23. The lowest BCUT2D eigenvalue weighted by Gasteiger charge is -2.29. The number of nitrogens with zero attached hydrogens (tertiary/aromatic N) is 4. The lowest BCUT2D eigenvalue weighted by atomic mass is 9.97. The Morgan fingerprint density at radius 3 is 1.80 bits per heavy atom. The third kappa shape index (κ3) is 8.39. The number of methoxy groups -OCH3 is 1. The van der Waals surface area contributed by atoms with Gasteiger partial charge in [0, 0.05) is 24.8 Å². The van der Waals surface area contributed by atoms with Crippen LogP contribution >= 0.6 is 0 Å². The highest BCUT2D eigenvalue weighted by Gasteiger charge is 2.39. The summed E-state index contributed by atoms with van der Waals surface area (Å²) in [7, 11) is 1.29. The number of amides is 4. The summed E-state index contributed by atoms with van der Waals surface area (Å²) in [5.41, 5.74) is 7.73. The number of carboxylic acid groups (broad SMARTS) is 1. The first-order valence-corrected chi connectivity index (χ1v) is 21.0. The van der Waals surface area contributed by atoms with Gasteiger partial charge in [0.05, 0.1) is 35.9 Å². The second-order valence-corrected chi connectivity index (χ2v) is 16.8. The molecule has 0 aliphatic carbocycles. The lowest BCUT2D eigenvalue weighted by molar-refractivity contribution is -0.136. The summed E-state index contributed by atoms with van der Waals surface area (Å²) in [4.78, 5) is 70.6. The molecule has 4 heterocycles.